The summed E-state index contributed by atoms with van der Waals surface area (Å²) in [6.07, 6.45) is -0.526. The van der Waals surface area contributed by atoms with Gasteiger partial charge in [0, 0.05) is 11.8 Å². The molecule has 0 aliphatic heterocycles. The average Bonchev–Trinajstić information content (AvgIpc) is 2.72. The Bertz CT molecular complexity index is 505. The third-order valence-electron chi connectivity index (χ3n) is 3.42. The Labute approximate surface area is 106 Å². The largest absolute Gasteiger partial charge is 0.391 e. The van der Waals surface area contributed by atoms with Crippen LogP contribution in [0.15, 0.2) is 48.5 Å². The van der Waals surface area contributed by atoms with Gasteiger partial charge in [-0.25, -0.2) is 0 Å². The summed E-state index contributed by atoms with van der Waals surface area (Å²) in [5.74, 6) is 0.271. The first-order chi connectivity index (χ1) is 8.33. The average molecular weight is 245 g/mol. The Balaban J connectivity index is 2.23. The van der Waals surface area contributed by atoms with Gasteiger partial charge in [0.05, 0.1) is 6.10 Å². The van der Waals surface area contributed by atoms with Gasteiger partial charge in [-0.05, 0) is 22.3 Å². The number of hydrogen-bond acceptors (Lipinski definition) is 1. The molecule has 1 aliphatic carbocycles. The van der Waals surface area contributed by atoms with Gasteiger partial charge in [0.25, 0.3) is 0 Å². The van der Waals surface area contributed by atoms with Gasteiger partial charge < -0.3 is 5.11 Å². The van der Waals surface area contributed by atoms with Gasteiger partial charge in [0.2, 0.25) is 0 Å². The fourth-order valence-electron chi connectivity index (χ4n) is 2.70. The fourth-order valence-corrected chi connectivity index (χ4v) is 2.88. The highest BCUT2D eigenvalue weighted by atomic mass is 35.5. The molecule has 1 unspecified atom stereocenters. The van der Waals surface area contributed by atoms with E-state index in [1.807, 2.05) is 24.3 Å². The summed E-state index contributed by atoms with van der Waals surface area (Å²) in [4.78, 5) is 0. The molecule has 2 aromatic rings. The van der Waals surface area contributed by atoms with Gasteiger partial charge in [0.15, 0.2) is 0 Å². The third-order valence-corrected chi connectivity index (χ3v) is 3.74. The zero-order chi connectivity index (χ0) is 11.8. The molecule has 3 rings (SSSR count). The summed E-state index contributed by atoms with van der Waals surface area (Å²) in [6, 6.07) is 16.5. The first kappa shape index (κ1) is 10.8. The molecule has 1 nitrogen and oxygen atoms in total. The van der Waals surface area contributed by atoms with Crippen LogP contribution in [0.5, 0.6) is 0 Å². The maximum atomic E-state index is 10.1. The number of alkyl halides is 1. The highest BCUT2D eigenvalue weighted by Gasteiger charge is 2.32. The second-order valence-corrected chi connectivity index (χ2v) is 4.68. The van der Waals surface area contributed by atoms with E-state index >= 15 is 0 Å². The fraction of sp³-hybridized carbons (Fsp3) is 0.200. The Morgan fingerprint density at radius 2 is 1.41 bits per heavy atom. The smallest absolute Gasteiger partial charge is 0.0784 e. The molecule has 1 N–H and O–H groups in total. The molecule has 0 spiro atoms. The Hall–Kier alpha value is -1.31. The second-order valence-electron chi connectivity index (χ2n) is 4.37. The Morgan fingerprint density at radius 3 is 1.88 bits per heavy atom. The van der Waals surface area contributed by atoms with E-state index in [1.165, 1.54) is 22.3 Å². The summed E-state index contributed by atoms with van der Waals surface area (Å²) in [5.41, 5.74) is 4.80. The molecule has 17 heavy (non-hydrogen) atoms. The summed E-state index contributed by atoms with van der Waals surface area (Å²) in [7, 11) is 0. The Morgan fingerprint density at radius 1 is 0.941 bits per heavy atom. The lowest BCUT2D eigenvalue weighted by atomic mass is 9.92. The number of aliphatic hydroxyl groups is 1. The summed E-state index contributed by atoms with van der Waals surface area (Å²) >= 11 is 5.82. The van der Waals surface area contributed by atoms with Crippen molar-refractivity contribution < 1.29 is 5.11 Å². The molecule has 1 atom stereocenters. The molecule has 0 bridgehead atoms. The number of halogens is 1. The minimum absolute atomic E-state index is 0.0138. The van der Waals surface area contributed by atoms with Crippen LogP contribution in [0.1, 0.15) is 17.0 Å². The summed E-state index contributed by atoms with van der Waals surface area (Å²) in [5, 5.41) is 10.1. The number of rotatable bonds is 2. The first-order valence-electron chi connectivity index (χ1n) is 5.75. The predicted molar refractivity (Wildman–Crippen MR) is 70.4 cm³/mol. The standard InChI is InChI=1S/C15H13ClO/c16-9-14(17)15-12-7-3-1-5-10(12)11-6-2-4-8-13(11)15/h1-8,14-15,17H,9H2. The molecular weight excluding hydrogens is 232 g/mol. The number of benzene rings is 2. The van der Waals surface area contributed by atoms with Crippen LogP contribution in [-0.2, 0) is 0 Å². The number of fused-ring (bicyclic) bond motifs is 3. The molecule has 0 amide bonds. The van der Waals surface area contributed by atoms with Gasteiger partial charge in [-0.3, -0.25) is 0 Å². The second kappa shape index (κ2) is 4.17. The maximum Gasteiger partial charge on any atom is 0.0784 e. The minimum Gasteiger partial charge on any atom is -0.391 e. The zero-order valence-electron chi connectivity index (χ0n) is 9.31. The van der Waals surface area contributed by atoms with Crippen LogP contribution >= 0.6 is 11.6 Å². The highest BCUT2D eigenvalue weighted by Crippen LogP contribution is 2.46. The van der Waals surface area contributed by atoms with Crippen molar-refractivity contribution >= 4 is 11.6 Å². The van der Waals surface area contributed by atoms with Crippen LogP contribution in [0.2, 0.25) is 0 Å². The lowest BCUT2D eigenvalue weighted by Gasteiger charge is -2.18. The van der Waals surface area contributed by atoms with E-state index in [0.717, 1.165) is 0 Å². The van der Waals surface area contributed by atoms with Crippen molar-refractivity contribution in [1.29, 1.82) is 0 Å². The van der Waals surface area contributed by atoms with E-state index in [2.05, 4.69) is 24.3 Å². The van der Waals surface area contributed by atoms with Crippen molar-refractivity contribution in [3.63, 3.8) is 0 Å². The van der Waals surface area contributed by atoms with E-state index in [0.29, 0.717) is 0 Å². The SMILES string of the molecule is OC(CCl)C1c2ccccc2-c2ccccc21. The van der Waals surface area contributed by atoms with Gasteiger partial charge in [0.1, 0.15) is 0 Å². The van der Waals surface area contributed by atoms with Crippen molar-refractivity contribution in [2.75, 3.05) is 5.88 Å². The lowest BCUT2D eigenvalue weighted by molar-refractivity contribution is 0.181. The van der Waals surface area contributed by atoms with E-state index in [9.17, 15) is 5.11 Å². The summed E-state index contributed by atoms with van der Waals surface area (Å²) < 4.78 is 0. The molecule has 2 heteroatoms. The van der Waals surface area contributed by atoms with E-state index in [-0.39, 0.29) is 11.8 Å². The van der Waals surface area contributed by atoms with Crippen LogP contribution in [0.25, 0.3) is 11.1 Å². The molecule has 0 saturated carbocycles. The van der Waals surface area contributed by atoms with Crippen molar-refractivity contribution in [3.8, 4) is 11.1 Å². The molecule has 0 radical (unpaired) electrons. The van der Waals surface area contributed by atoms with E-state index in [1.54, 1.807) is 0 Å². The van der Waals surface area contributed by atoms with Crippen molar-refractivity contribution in [3.05, 3.63) is 59.7 Å². The monoisotopic (exact) mass is 244 g/mol. The van der Waals surface area contributed by atoms with Gasteiger partial charge >= 0.3 is 0 Å². The molecule has 0 aromatic heterocycles. The normalized spacial score (nSPS) is 15.4. The van der Waals surface area contributed by atoms with Crippen molar-refractivity contribution in [2.45, 2.75) is 12.0 Å². The third kappa shape index (κ3) is 1.58. The van der Waals surface area contributed by atoms with E-state index < -0.39 is 6.10 Å². The minimum atomic E-state index is -0.526. The Kier molecular flexibility index (Phi) is 2.65. The van der Waals surface area contributed by atoms with Crippen LogP contribution in [0.3, 0.4) is 0 Å². The highest BCUT2D eigenvalue weighted by molar-refractivity contribution is 6.18. The van der Waals surface area contributed by atoms with Crippen LogP contribution < -0.4 is 0 Å². The van der Waals surface area contributed by atoms with Crippen LogP contribution in [0, 0.1) is 0 Å². The quantitative estimate of drug-likeness (QED) is 0.803. The van der Waals surface area contributed by atoms with Gasteiger partial charge in [-0.1, -0.05) is 48.5 Å². The van der Waals surface area contributed by atoms with E-state index in [4.69, 9.17) is 11.6 Å². The maximum absolute atomic E-state index is 10.1. The summed E-state index contributed by atoms with van der Waals surface area (Å²) in [6.45, 7) is 0. The predicted octanol–water partition coefficient (Wildman–Crippen LogP) is 3.40. The zero-order valence-corrected chi connectivity index (χ0v) is 10.1. The number of hydrogen-bond donors (Lipinski definition) is 1. The lowest BCUT2D eigenvalue weighted by Crippen LogP contribution is -2.19. The number of aliphatic hydroxyl groups excluding tert-OH is 1. The first-order valence-corrected chi connectivity index (χ1v) is 6.28. The van der Waals surface area contributed by atoms with Gasteiger partial charge in [-0.2, -0.15) is 0 Å². The topological polar surface area (TPSA) is 20.2 Å². The van der Waals surface area contributed by atoms with Crippen molar-refractivity contribution in [2.24, 2.45) is 0 Å². The van der Waals surface area contributed by atoms with Crippen molar-refractivity contribution in [1.82, 2.24) is 0 Å². The molecule has 1 aliphatic rings. The molecule has 0 heterocycles. The van der Waals surface area contributed by atoms with Gasteiger partial charge in [-0.15, -0.1) is 11.6 Å². The van der Waals surface area contributed by atoms with Crippen LogP contribution in [-0.4, -0.2) is 17.1 Å². The molecule has 0 fully saturated rings. The molecule has 0 saturated heterocycles. The molecule has 2 aromatic carbocycles. The molecule has 86 valence electrons. The molecular formula is C15H13ClO. The van der Waals surface area contributed by atoms with Crippen LogP contribution in [0.4, 0.5) is 0 Å².